The Morgan fingerprint density at radius 3 is 2.68 bits per heavy atom. The standard InChI is InChI=1S/C18H18ClFN4O/c19-14-2-1-3-15(20)13(14)11-23-6-8-24(9-7-23)18-16(10-21)22-17(25-18)12-4-5-12/h1-3,12H,4-9,11H2. The van der Waals surface area contributed by atoms with E-state index in [2.05, 4.69) is 20.9 Å². The Morgan fingerprint density at radius 1 is 1.28 bits per heavy atom. The summed E-state index contributed by atoms with van der Waals surface area (Å²) >= 11 is 6.11. The van der Waals surface area contributed by atoms with E-state index in [1.807, 2.05) is 0 Å². The van der Waals surface area contributed by atoms with E-state index in [-0.39, 0.29) is 5.82 Å². The Bertz CT molecular complexity index is 799. The Hall–Kier alpha value is -2.10. The maximum Gasteiger partial charge on any atom is 0.234 e. The third-order valence-corrected chi connectivity index (χ3v) is 5.12. The third kappa shape index (κ3) is 3.35. The minimum absolute atomic E-state index is 0.272. The molecule has 5 nitrogen and oxygen atoms in total. The first-order chi connectivity index (χ1) is 12.2. The SMILES string of the molecule is N#Cc1nc(C2CC2)oc1N1CCN(Cc2c(F)cccc2Cl)CC1. The number of hydrogen-bond donors (Lipinski definition) is 0. The third-order valence-electron chi connectivity index (χ3n) is 4.76. The van der Waals surface area contributed by atoms with Crippen LogP contribution in [0.1, 0.15) is 35.9 Å². The fraction of sp³-hybridized carbons (Fsp3) is 0.444. The van der Waals surface area contributed by atoms with Crippen LogP contribution >= 0.6 is 11.6 Å². The van der Waals surface area contributed by atoms with Crippen LogP contribution in [-0.4, -0.2) is 36.1 Å². The summed E-state index contributed by atoms with van der Waals surface area (Å²) in [5.74, 6) is 1.37. The van der Waals surface area contributed by atoms with Gasteiger partial charge in [-0.15, -0.1) is 0 Å². The molecule has 130 valence electrons. The predicted octanol–water partition coefficient (Wildman–Crippen LogP) is 3.54. The van der Waals surface area contributed by atoms with Crippen LogP contribution in [0.3, 0.4) is 0 Å². The van der Waals surface area contributed by atoms with Crippen LogP contribution < -0.4 is 4.90 Å². The molecule has 2 fully saturated rings. The van der Waals surface area contributed by atoms with Crippen molar-refractivity contribution in [3.8, 4) is 6.07 Å². The smallest absolute Gasteiger partial charge is 0.234 e. The molecule has 0 radical (unpaired) electrons. The van der Waals surface area contributed by atoms with E-state index in [1.54, 1.807) is 12.1 Å². The Kier molecular flexibility index (Phi) is 4.36. The van der Waals surface area contributed by atoms with Gasteiger partial charge >= 0.3 is 0 Å². The molecule has 2 aliphatic rings. The lowest BCUT2D eigenvalue weighted by atomic mass is 10.2. The summed E-state index contributed by atoms with van der Waals surface area (Å²) in [5, 5.41) is 9.76. The number of nitriles is 1. The number of halogens is 2. The number of rotatable bonds is 4. The Morgan fingerprint density at radius 2 is 2.04 bits per heavy atom. The first-order valence-corrected chi connectivity index (χ1v) is 8.84. The zero-order chi connectivity index (χ0) is 17.4. The lowest BCUT2D eigenvalue weighted by Crippen LogP contribution is -2.46. The van der Waals surface area contributed by atoms with Crippen molar-refractivity contribution >= 4 is 17.5 Å². The maximum atomic E-state index is 13.9. The molecule has 1 aliphatic carbocycles. The summed E-state index contributed by atoms with van der Waals surface area (Å²) in [6, 6.07) is 6.90. The van der Waals surface area contributed by atoms with Gasteiger partial charge in [0.15, 0.2) is 0 Å². The Balaban J connectivity index is 1.43. The van der Waals surface area contributed by atoms with Crippen molar-refractivity contribution in [1.82, 2.24) is 9.88 Å². The molecule has 1 aliphatic heterocycles. The molecular formula is C18H18ClFN4O. The van der Waals surface area contributed by atoms with Crippen LogP contribution in [0.2, 0.25) is 5.02 Å². The van der Waals surface area contributed by atoms with E-state index >= 15 is 0 Å². The summed E-state index contributed by atoms with van der Waals surface area (Å²) in [4.78, 5) is 8.54. The van der Waals surface area contributed by atoms with E-state index < -0.39 is 0 Å². The van der Waals surface area contributed by atoms with Gasteiger partial charge in [0.1, 0.15) is 11.9 Å². The average Bonchev–Trinajstić information content (AvgIpc) is 3.38. The van der Waals surface area contributed by atoms with Gasteiger partial charge in [-0.1, -0.05) is 17.7 Å². The topological polar surface area (TPSA) is 56.3 Å². The summed E-state index contributed by atoms with van der Waals surface area (Å²) in [7, 11) is 0. The molecule has 2 aromatic rings. The molecule has 1 saturated heterocycles. The minimum atomic E-state index is -0.272. The number of piperazine rings is 1. The summed E-state index contributed by atoms with van der Waals surface area (Å²) < 4.78 is 19.8. The zero-order valence-electron chi connectivity index (χ0n) is 13.7. The van der Waals surface area contributed by atoms with Crippen LogP contribution in [-0.2, 0) is 6.54 Å². The van der Waals surface area contributed by atoms with Gasteiger partial charge < -0.3 is 9.32 Å². The number of benzene rings is 1. The lowest BCUT2D eigenvalue weighted by Gasteiger charge is -2.34. The quantitative estimate of drug-likeness (QED) is 0.834. The molecule has 0 spiro atoms. The van der Waals surface area contributed by atoms with Crippen molar-refractivity contribution in [3.05, 3.63) is 46.2 Å². The predicted molar refractivity (Wildman–Crippen MR) is 92.1 cm³/mol. The van der Waals surface area contributed by atoms with Crippen LogP contribution in [0.15, 0.2) is 22.6 Å². The highest BCUT2D eigenvalue weighted by Crippen LogP contribution is 2.41. The largest absolute Gasteiger partial charge is 0.423 e. The van der Waals surface area contributed by atoms with Gasteiger partial charge in [-0.05, 0) is 25.0 Å². The van der Waals surface area contributed by atoms with Crippen LogP contribution in [0, 0.1) is 17.1 Å². The van der Waals surface area contributed by atoms with E-state index in [9.17, 15) is 9.65 Å². The summed E-state index contributed by atoms with van der Waals surface area (Å²) in [6.45, 7) is 3.39. The second-order valence-electron chi connectivity index (χ2n) is 6.56. The summed E-state index contributed by atoms with van der Waals surface area (Å²) in [5.41, 5.74) is 0.901. The fourth-order valence-electron chi connectivity index (χ4n) is 3.14. The van der Waals surface area contributed by atoms with Crippen LogP contribution in [0.25, 0.3) is 0 Å². The van der Waals surface area contributed by atoms with Gasteiger partial charge in [0.2, 0.25) is 17.5 Å². The number of anilines is 1. The number of oxazole rings is 1. The molecule has 0 unspecified atom stereocenters. The number of hydrogen-bond acceptors (Lipinski definition) is 5. The van der Waals surface area contributed by atoms with E-state index in [0.717, 1.165) is 25.9 Å². The van der Waals surface area contributed by atoms with Gasteiger partial charge in [-0.2, -0.15) is 5.26 Å². The molecule has 1 aromatic carbocycles. The first kappa shape index (κ1) is 16.4. The zero-order valence-corrected chi connectivity index (χ0v) is 14.5. The lowest BCUT2D eigenvalue weighted by molar-refractivity contribution is 0.242. The molecule has 0 N–H and O–H groups in total. The van der Waals surface area contributed by atoms with E-state index in [0.29, 0.717) is 53.6 Å². The monoisotopic (exact) mass is 360 g/mol. The molecule has 0 bridgehead atoms. The molecule has 0 atom stereocenters. The minimum Gasteiger partial charge on any atom is -0.423 e. The van der Waals surface area contributed by atoms with Crippen LogP contribution in [0.4, 0.5) is 10.3 Å². The molecule has 1 saturated carbocycles. The van der Waals surface area contributed by atoms with Crippen molar-refractivity contribution in [1.29, 1.82) is 5.26 Å². The molecule has 0 amide bonds. The highest BCUT2D eigenvalue weighted by Gasteiger charge is 2.32. The van der Waals surface area contributed by atoms with Gasteiger partial charge in [-0.3, -0.25) is 4.90 Å². The van der Waals surface area contributed by atoms with Crippen molar-refractivity contribution < 1.29 is 8.81 Å². The first-order valence-electron chi connectivity index (χ1n) is 8.46. The van der Waals surface area contributed by atoms with E-state index in [1.165, 1.54) is 6.07 Å². The second kappa shape index (κ2) is 6.66. The fourth-order valence-corrected chi connectivity index (χ4v) is 3.36. The van der Waals surface area contributed by atoms with Gasteiger partial charge in [0.05, 0.1) is 0 Å². The second-order valence-corrected chi connectivity index (χ2v) is 6.96. The summed E-state index contributed by atoms with van der Waals surface area (Å²) in [6.07, 6.45) is 2.17. The van der Waals surface area contributed by atoms with Crippen molar-refractivity contribution in [3.63, 3.8) is 0 Å². The molecule has 25 heavy (non-hydrogen) atoms. The number of aromatic nitrogens is 1. The highest BCUT2D eigenvalue weighted by atomic mass is 35.5. The van der Waals surface area contributed by atoms with Crippen molar-refractivity contribution in [2.24, 2.45) is 0 Å². The van der Waals surface area contributed by atoms with E-state index in [4.69, 9.17) is 16.0 Å². The van der Waals surface area contributed by atoms with Gasteiger partial charge in [-0.25, -0.2) is 9.37 Å². The molecular weight excluding hydrogens is 343 g/mol. The average molecular weight is 361 g/mol. The highest BCUT2D eigenvalue weighted by molar-refractivity contribution is 6.31. The maximum absolute atomic E-state index is 13.9. The van der Waals surface area contributed by atoms with Gasteiger partial charge in [0.25, 0.3) is 0 Å². The Labute approximate surface area is 150 Å². The molecule has 1 aromatic heterocycles. The molecule has 4 rings (SSSR count). The molecule has 2 heterocycles. The number of nitrogens with zero attached hydrogens (tertiary/aromatic N) is 4. The van der Waals surface area contributed by atoms with Crippen LogP contribution in [0.5, 0.6) is 0 Å². The normalized spacial score (nSPS) is 18.4. The molecule has 7 heteroatoms. The van der Waals surface area contributed by atoms with Gasteiger partial charge in [0, 0.05) is 49.2 Å². The van der Waals surface area contributed by atoms with Crippen molar-refractivity contribution in [2.45, 2.75) is 25.3 Å². The van der Waals surface area contributed by atoms with Crippen molar-refractivity contribution in [2.75, 3.05) is 31.1 Å².